The zero-order chi connectivity index (χ0) is 54.7. The van der Waals surface area contributed by atoms with Gasteiger partial charge in [-0.1, -0.05) is 182 Å². The molecule has 0 radical (unpaired) electrons. The highest BCUT2D eigenvalue weighted by atomic mass is 15.1. The highest BCUT2D eigenvalue weighted by Gasteiger charge is 2.37. The van der Waals surface area contributed by atoms with Crippen molar-refractivity contribution in [2.45, 2.75) is 64.7 Å². The van der Waals surface area contributed by atoms with Gasteiger partial charge in [-0.05, 0) is 197 Å². The fourth-order valence-electron chi connectivity index (χ4n) is 14.3. The predicted octanol–water partition coefficient (Wildman–Crippen LogP) is 21.7. The third-order valence-corrected chi connectivity index (χ3v) is 18.6. The maximum Gasteiger partial charge on any atom is 0.0620 e. The molecule has 16 rings (SSSR count). The van der Waals surface area contributed by atoms with Gasteiger partial charge in [-0.3, -0.25) is 0 Å². The number of anilines is 6. The van der Waals surface area contributed by atoms with Gasteiger partial charge in [0.1, 0.15) is 0 Å². The largest absolute Gasteiger partial charge is 0.310 e. The van der Waals surface area contributed by atoms with E-state index in [1.165, 1.54) is 121 Å². The monoisotopic (exact) mass is 1040 g/mol. The van der Waals surface area contributed by atoms with Crippen LogP contribution in [0.15, 0.2) is 243 Å². The second-order valence-electron chi connectivity index (χ2n) is 25.0. The average molecular weight is 1040 g/mol. The molecule has 3 nitrogen and oxygen atoms in total. The van der Waals surface area contributed by atoms with Gasteiger partial charge in [0, 0.05) is 66.5 Å². The second-order valence-corrected chi connectivity index (χ2v) is 25.0. The summed E-state index contributed by atoms with van der Waals surface area (Å²) in [4.78, 5) is 4.87. The minimum atomic E-state index is -0.120. The van der Waals surface area contributed by atoms with Gasteiger partial charge in [0.15, 0.2) is 0 Å². The quantitative estimate of drug-likeness (QED) is 0.158. The average Bonchev–Trinajstić information content (AvgIpc) is 4.28. The minimum Gasteiger partial charge on any atom is -0.310 e. The lowest BCUT2D eigenvalue weighted by Crippen LogP contribution is -2.16. The molecule has 0 saturated heterocycles. The van der Waals surface area contributed by atoms with E-state index in [-0.39, 0.29) is 16.2 Å². The first-order chi connectivity index (χ1) is 39.3. The van der Waals surface area contributed by atoms with E-state index in [9.17, 15) is 0 Å². The maximum absolute atomic E-state index is 2.57. The predicted molar refractivity (Wildman–Crippen MR) is 345 cm³/mol. The van der Waals surface area contributed by atoms with Crippen molar-refractivity contribution in [3.63, 3.8) is 0 Å². The van der Waals surface area contributed by atoms with Gasteiger partial charge in [-0.15, -0.1) is 0 Å². The molecule has 388 valence electrons. The standard InChI is InChI=1S/C78H61N3/c1-76(2,3)54-30-26-48(27-31-54)53-42-67-65-40-49-28-32-57(79(55-18-10-8-11-19-55)59-34-36-63-61-22-14-16-24-69(61)77(4,5)71(63)46-59)38-51(49)44-73(65)81-74-45-52-39-58(33-29-50(52)41-66(74)68(43-53)75(67)81)80(56-20-12-9-13-21-56)60-35-37-64-62-23-15-17-25-70(62)78(6,7)72(64)47-60/h8-47H,1-7H3. The molecule has 0 saturated carbocycles. The number of aromatic nitrogens is 1. The van der Waals surface area contributed by atoms with Crippen LogP contribution in [0.4, 0.5) is 34.1 Å². The van der Waals surface area contributed by atoms with Crippen LogP contribution >= 0.6 is 0 Å². The molecule has 0 N–H and O–H groups in total. The van der Waals surface area contributed by atoms with Crippen LogP contribution in [0.25, 0.3) is 93.0 Å². The van der Waals surface area contributed by atoms with Crippen LogP contribution in [0.2, 0.25) is 0 Å². The summed E-state index contributed by atoms with van der Waals surface area (Å²) in [6.45, 7) is 16.3. The van der Waals surface area contributed by atoms with Crippen LogP contribution in [0.1, 0.15) is 76.3 Å². The van der Waals surface area contributed by atoms with E-state index in [4.69, 9.17) is 0 Å². The molecule has 3 heteroatoms. The maximum atomic E-state index is 2.57. The van der Waals surface area contributed by atoms with E-state index < -0.39 is 0 Å². The number of hydrogen-bond donors (Lipinski definition) is 0. The van der Waals surface area contributed by atoms with E-state index in [1.54, 1.807) is 0 Å². The molecular weight excluding hydrogens is 979 g/mol. The molecular formula is C78H61N3. The van der Waals surface area contributed by atoms with E-state index in [0.717, 1.165) is 34.1 Å². The van der Waals surface area contributed by atoms with Crippen LogP contribution < -0.4 is 9.80 Å². The van der Waals surface area contributed by atoms with Gasteiger partial charge < -0.3 is 14.2 Å². The Morgan fingerprint density at radius 3 is 1.17 bits per heavy atom. The molecule has 2 aliphatic carbocycles. The molecule has 2 heterocycles. The summed E-state index contributed by atoms with van der Waals surface area (Å²) in [7, 11) is 0. The molecule has 14 aromatic rings. The number of hydrogen-bond acceptors (Lipinski definition) is 2. The Hall–Kier alpha value is -9.44. The normalized spacial score (nSPS) is 14.1. The van der Waals surface area contributed by atoms with Gasteiger partial charge in [0.25, 0.3) is 0 Å². The molecule has 12 aromatic carbocycles. The molecule has 0 fully saturated rings. The zero-order valence-electron chi connectivity index (χ0n) is 46.9. The van der Waals surface area contributed by atoms with Crippen molar-refractivity contribution in [3.05, 3.63) is 270 Å². The molecule has 2 aliphatic rings. The highest BCUT2D eigenvalue weighted by Crippen LogP contribution is 2.53. The number of para-hydroxylation sites is 2. The lowest BCUT2D eigenvalue weighted by Gasteiger charge is -2.28. The lowest BCUT2D eigenvalue weighted by atomic mass is 9.82. The fraction of sp³-hybridized carbons (Fsp3) is 0.128. The lowest BCUT2D eigenvalue weighted by molar-refractivity contribution is 0.590. The van der Waals surface area contributed by atoms with Crippen LogP contribution in [0.3, 0.4) is 0 Å². The van der Waals surface area contributed by atoms with Crippen molar-refractivity contribution < 1.29 is 0 Å². The third-order valence-electron chi connectivity index (χ3n) is 18.6. The summed E-state index contributed by atoms with van der Waals surface area (Å²) in [6, 6.07) is 91.8. The Bertz CT molecular complexity index is 4620. The number of nitrogens with zero attached hydrogens (tertiary/aromatic N) is 3. The summed E-state index contributed by atoms with van der Waals surface area (Å²) >= 11 is 0. The van der Waals surface area contributed by atoms with Crippen molar-refractivity contribution in [3.8, 4) is 33.4 Å². The molecule has 0 unspecified atom stereocenters. The highest BCUT2D eigenvalue weighted by molar-refractivity contribution is 6.27. The fourth-order valence-corrected chi connectivity index (χ4v) is 14.3. The first kappa shape index (κ1) is 47.6. The summed E-state index contributed by atoms with van der Waals surface area (Å²) in [5, 5.41) is 9.90. The Morgan fingerprint density at radius 2 is 0.716 bits per heavy atom. The number of fused-ring (bicyclic) bond motifs is 14. The van der Waals surface area contributed by atoms with Gasteiger partial charge in [0.05, 0.1) is 16.6 Å². The Balaban J connectivity index is 0.897. The molecule has 0 bridgehead atoms. The summed E-state index contributed by atoms with van der Waals surface area (Å²) in [5.74, 6) is 0. The molecule has 0 atom stereocenters. The Morgan fingerprint density at radius 1 is 0.309 bits per heavy atom. The van der Waals surface area contributed by atoms with Crippen LogP contribution in [0, 0.1) is 0 Å². The van der Waals surface area contributed by atoms with Gasteiger partial charge in [-0.2, -0.15) is 0 Å². The van der Waals surface area contributed by atoms with Crippen molar-refractivity contribution in [2.24, 2.45) is 0 Å². The van der Waals surface area contributed by atoms with E-state index in [0.29, 0.717) is 0 Å². The van der Waals surface area contributed by atoms with Crippen LogP contribution in [-0.2, 0) is 16.2 Å². The van der Waals surface area contributed by atoms with Crippen molar-refractivity contribution >= 4 is 93.8 Å². The van der Waals surface area contributed by atoms with Gasteiger partial charge in [-0.25, -0.2) is 0 Å². The summed E-state index contributed by atoms with van der Waals surface area (Å²) < 4.78 is 2.57. The van der Waals surface area contributed by atoms with Crippen LogP contribution in [0.5, 0.6) is 0 Å². The summed E-state index contributed by atoms with van der Waals surface area (Å²) in [5.41, 5.74) is 24.9. The van der Waals surface area contributed by atoms with Crippen LogP contribution in [-0.4, -0.2) is 4.40 Å². The van der Waals surface area contributed by atoms with Crippen molar-refractivity contribution in [1.29, 1.82) is 0 Å². The SMILES string of the molecule is CC(C)(C)c1ccc(-c2cc3c4cc5ccc(N(c6ccccc6)c6ccc7c(c6)C(C)(C)c6ccccc6-7)cc5cc4n4c5cc6cc(N(c7ccccc7)c7ccc8c(c7)C(C)(C)c7ccccc7-8)ccc6cc5c(c2)c34)cc1. The molecule has 81 heavy (non-hydrogen) atoms. The first-order valence-corrected chi connectivity index (χ1v) is 28.7. The zero-order valence-corrected chi connectivity index (χ0v) is 46.9. The molecule has 0 amide bonds. The topological polar surface area (TPSA) is 10.9 Å². The third kappa shape index (κ3) is 7.07. The van der Waals surface area contributed by atoms with Gasteiger partial charge >= 0.3 is 0 Å². The number of rotatable bonds is 7. The van der Waals surface area contributed by atoms with E-state index in [2.05, 4.69) is 305 Å². The van der Waals surface area contributed by atoms with Crippen molar-refractivity contribution in [2.75, 3.05) is 9.80 Å². The second kappa shape index (κ2) is 17.0. The molecule has 0 spiro atoms. The smallest absolute Gasteiger partial charge is 0.0620 e. The Labute approximate surface area is 473 Å². The van der Waals surface area contributed by atoms with E-state index in [1.807, 2.05) is 0 Å². The van der Waals surface area contributed by atoms with Crippen molar-refractivity contribution in [1.82, 2.24) is 4.40 Å². The first-order valence-electron chi connectivity index (χ1n) is 28.7. The van der Waals surface area contributed by atoms with Gasteiger partial charge in [0.2, 0.25) is 0 Å². The number of benzene rings is 12. The molecule has 2 aromatic heterocycles. The van der Waals surface area contributed by atoms with E-state index >= 15 is 0 Å². The minimum absolute atomic E-state index is 0.0658. The molecule has 0 aliphatic heterocycles. The summed E-state index contributed by atoms with van der Waals surface area (Å²) in [6.07, 6.45) is 0. The Kier molecular flexibility index (Phi) is 10.0.